The number of Topliss-reactive ketones (excluding diaryl/α,β-unsaturated/α-hetero) is 1. The molecule has 0 radical (unpaired) electrons. The maximum Gasteiger partial charge on any atom is 0.342 e. The standard InChI is InChI=1S/C23H29NO7/c1-14-9-17(15(2)24(14)12-16-7-6-8-30-16)19(25)13-31-23(26)18-10-21(28-4)22(29-5)11-20(18)27-3/h9-11,16H,6-8,12-13H2,1-5H3. The zero-order chi connectivity index (χ0) is 22.5. The lowest BCUT2D eigenvalue weighted by Crippen LogP contribution is -2.18. The largest absolute Gasteiger partial charge is 0.496 e. The van der Waals surface area contributed by atoms with Gasteiger partial charge >= 0.3 is 5.97 Å². The summed E-state index contributed by atoms with van der Waals surface area (Å²) >= 11 is 0. The van der Waals surface area contributed by atoms with Crippen LogP contribution in [0.5, 0.6) is 17.2 Å². The number of aryl methyl sites for hydroxylation is 1. The van der Waals surface area contributed by atoms with Gasteiger partial charge in [0.25, 0.3) is 0 Å². The number of ether oxygens (including phenoxy) is 5. The summed E-state index contributed by atoms with van der Waals surface area (Å²) in [4.78, 5) is 25.4. The van der Waals surface area contributed by atoms with Crippen molar-refractivity contribution in [1.82, 2.24) is 4.57 Å². The quantitative estimate of drug-likeness (QED) is 0.445. The van der Waals surface area contributed by atoms with Crippen molar-refractivity contribution >= 4 is 11.8 Å². The minimum atomic E-state index is -0.681. The molecule has 1 saturated heterocycles. The summed E-state index contributed by atoms with van der Waals surface area (Å²) in [6, 6.07) is 4.84. The fourth-order valence-electron chi connectivity index (χ4n) is 3.83. The zero-order valence-corrected chi connectivity index (χ0v) is 18.6. The van der Waals surface area contributed by atoms with E-state index in [-0.39, 0.29) is 29.8 Å². The monoisotopic (exact) mass is 431 g/mol. The molecule has 1 aromatic carbocycles. The van der Waals surface area contributed by atoms with Gasteiger partial charge in [-0.15, -0.1) is 0 Å². The van der Waals surface area contributed by atoms with Gasteiger partial charge in [0, 0.05) is 42.2 Å². The SMILES string of the molecule is COc1cc(OC)c(C(=O)OCC(=O)c2cc(C)n(CC3CCCO3)c2C)cc1OC. The number of rotatable bonds is 9. The normalized spacial score (nSPS) is 15.6. The molecule has 0 amide bonds. The van der Waals surface area contributed by atoms with Crippen molar-refractivity contribution in [2.75, 3.05) is 34.5 Å². The maximum atomic E-state index is 12.8. The van der Waals surface area contributed by atoms with E-state index in [0.29, 0.717) is 23.6 Å². The van der Waals surface area contributed by atoms with E-state index in [9.17, 15) is 9.59 Å². The number of carbonyl (C=O) groups is 2. The van der Waals surface area contributed by atoms with E-state index in [1.807, 2.05) is 19.9 Å². The summed E-state index contributed by atoms with van der Waals surface area (Å²) in [5.74, 6) is 0.105. The third-order valence-corrected chi connectivity index (χ3v) is 5.54. The van der Waals surface area contributed by atoms with E-state index in [0.717, 1.165) is 30.8 Å². The van der Waals surface area contributed by atoms with Gasteiger partial charge in [0.1, 0.15) is 11.3 Å². The lowest BCUT2D eigenvalue weighted by molar-refractivity contribution is 0.0471. The lowest BCUT2D eigenvalue weighted by Gasteiger charge is -2.15. The Morgan fingerprint density at radius 1 is 1.00 bits per heavy atom. The van der Waals surface area contributed by atoms with Crippen LogP contribution in [0.4, 0.5) is 0 Å². The average molecular weight is 431 g/mol. The zero-order valence-electron chi connectivity index (χ0n) is 18.6. The predicted octanol–water partition coefficient (Wildman–Crippen LogP) is 3.35. The molecule has 3 rings (SSSR count). The first kappa shape index (κ1) is 22.7. The van der Waals surface area contributed by atoms with Crippen molar-refractivity contribution in [1.29, 1.82) is 0 Å². The maximum absolute atomic E-state index is 12.8. The summed E-state index contributed by atoms with van der Waals surface area (Å²) in [5, 5.41) is 0. The smallest absolute Gasteiger partial charge is 0.342 e. The van der Waals surface area contributed by atoms with E-state index >= 15 is 0 Å². The van der Waals surface area contributed by atoms with Gasteiger partial charge in [-0.1, -0.05) is 0 Å². The van der Waals surface area contributed by atoms with Crippen LogP contribution in [0.25, 0.3) is 0 Å². The van der Waals surface area contributed by atoms with Crippen molar-refractivity contribution < 1.29 is 33.3 Å². The Labute approximate surface area is 182 Å². The topological polar surface area (TPSA) is 85.2 Å². The van der Waals surface area contributed by atoms with E-state index in [4.69, 9.17) is 23.7 Å². The second-order valence-corrected chi connectivity index (χ2v) is 7.44. The van der Waals surface area contributed by atoms with Crippen LogP contribution in [0.2, 0.25) is 0 Å². The van der Waals surface area contributed by atoms with Crippen LogP contribution in [0.3, 0.4) is 0 Å². The van der Waals surface area contributed by atoms with Crippen LogP contribution < -0.4 is 14.2 Å². The Morgan fingerprint density at radius 2 is 1.68 bits per heavy atom. The molecule has 1 atom stereocenters. The number of benzene rings is 1. The molecule has 0 aliphatic carbocycles. The molecule has 1 aromatic heterocycles. The summed E-state index contributed by atoms with van der Waals surface area (Å²) in [6.45, 7) is 4.98. The molecule has 1 fully saturated rings. The Kier molecular flexibility index (Phi) is 7.22. The number of ketones is 1. The molecule has 1 unspecified atom stereocenters. The Morgan fingerprint density at radius 3 is 2.29 bits per heavy atom. The summed E-state index contributed by atoms with van der Waals surface area (Å²) in [7, 11) is 4.39. The number of aromatic nitrogens is 1. The van der Waals surface area contributed by atoms with Crippen LogP contribution >= 0.6 is 0 Å². The van der Waals surface area contributed by atoms with Crippen LogP contribution in [0.1, 0.15) is 44.9 Å². The molecule has 0 N–H and O–H groups in total. The molecule has 0 spiro atoms. The lowest BCUT2D eigenvalue weighted by atomic mass is 10.1. The number of nitrogens with zero attached hydrogens (tertiary/aromatic N) is 1. The predicted molar refractivity (Wildman–Crippen MR) is 114 cm³/mol. The first-order valence-corrected chi connectivity index (χ1v) is 10.2. The number of esters is 1. The second-order valence-electron chi connectivity index (χ2n) is 7.44. The van der Waals surface area contributed by atoms with Crippen molar-refractivity contribution in [3.8, 4) is 17.2 Å². The molecule has 2 heterocycles. The van der Waals surface area contributed by atoms with Crippen molar-refractivity contribution in [2.45, 2.75) is 39.3 Å². The summed E-state index contributed by atoms with van der Waals surface area (Å²) < 4.78 is 28.8. The third-order valence-electron chi connectivity index (χ3n) is 5.54. The molecule has 8 heteroatoms. The molecule has 1 aliphatic rings. The van der Waals surface area contributed by atoms with Gasteiger partial charge in [-0.05, 0) is 32.8 Å². The third kappa shape index (κ3) is 4.85. The van der Waals surface area contributed by atoms with Gasteiger partial charge in [-0.3, -0.25) is 4.79 Å². The van der Waals surface area contributed by atoms with Gasteiger partial charge in [-0.2, -0.15) is 0 Å². The fourth-order valence-corrected chi connectivity index (χ4v) is 3.83. The molecular weight excluding hydrogens is 402 g/mol. The number of carbonyl (C=O) groups excluding carboxylic acids is 2. The van der Waals surface area contributed by atoms with Crippen molar-refractivity contribution in [3.63, 3.8) is 0 Å². The van der Waals surface area contributed by atoms with Crippen LogP contribution in [-0.4, -0.2) is 57.0 Å². The molecule has 31 heavy (non-hydrogen) atoms. The van der Waals surface area contributed by atoms with Crippen molar-refractivity contribution in [3.05, 3.63) is 40.7 Å². The molecule has 1 aliphatic heterocycles. The van der Waals surface area contributed by atoms with E-state index in [1.54, 1.807) is 0 Å². The van der Waals surface area contributed by atoms with Crippen LogP contribution in [0, 0.1) is 13.8 Å². The molecule has 8 nitrogen and oxygen atoms in total. The van der Waals surface area contributed by atoms with Gasteiger partial charge in [0.2, 0.25) is 5.78 Å². The van der Waals surface area contributed by atoms with Crippen molar-refractivity contribution in [2.24, 2.45) is 0 Å². The number of hydrogen-bond donors (Lipinski definition) is 0. The summed E-state index contributed by atoms with van der Waals surface area (Å²) in [6.07, 6.45) is 2.25. The first-order chi connectivity index (χ1) is 14.9. The highest BCUT2D eigenvalue weighted by molar-refractivity contribution is 6.01. The van der Waals surface area contributed by atoms with Crippen LogP contribution in [-0.2, 0) is 16.0 Å². The van der Waals surface area contributed by atoms with E-state index in [1.165, 1.54) is 33.5 Å². The number of hydrogen-bond acceptors (Lipinski definition) is 7. The average Bonchev–Trinajstić information content (AvgIpc) is 3.39. The van der Waals surface area contributed by atoms with E-state index in [2.05, 4.69) is 4.57 Å². The highest BCUT2D eigenvalue weighted by Crippen LogP contribution is 2.35. The molecule has 0 saturated carbocycles. The highest BCUT2D eigenvalue weighted by Gasteiger charge is 2.23. The second kappa shape index (κ2) is 9.87. The molecular formula is C23H29NO7. The molecule has 0 bridgehead atoms. The Balaban J connectivity index is 1.71. The molecule has 168 valence electrons. The minimum Gasteiger partial charge on any atom is -0.496 e. The van der Waals surface area contributed by atoms with Crippen LogP contribution in [0.15, 0.2) is 18.2 Å². The van der Waals surface area contributed by atoms with Gasteiger partial charge in [0.15, 0.2) is 18.1 Å². The number of methoxy groups -OCH3 is 3. The van der Waals surface area contributed by atoms with E-state index < -0.39 is 5.97 Å². The highest BCUT2D eigenvalue weighted by atomic mass is 16.5. The Hall–Kier alpha value is -3.00. The Bertz CT molecular complexity index is 957. The van der Waals surface area contributed by atoms with Gasteiger partial charge < -0.3 is 28.3 Å². The molecule has 2 aromatic rings. The fraction of sp³-hybridized carbons (Fsp3) is 0.478. The first-order valence-electron chi connectivity index (χ1n) is 10.2. The minimum absolute atomic E-state index is 0.150. The summed E-state index contributed by atoms with van der Waals surface area (Å²) in [5.41, 5.74) is 2.52. The van der Waals surface area contributed by atoms with Gasteiger partial charge in [-0.25, -0.2) is 4.79 Å². The van der Waals surface area contributed by atoms with Gasteiger partial charge in [0.05, 0.1) is 27.4 Å².